The van der Waals surface area contributed by atoms with E-state index in [9.17, 15) is 13.2 Å². The zero-order valence-electron chi connectivity index (χ0n) is 14.4. The van der Waals surface area contributed by atoms with Crippen LogP contribution in [0.5, 0.6) is 0 Å². The van der Waals surface area contributed by atoms with Crippen LogP contribution in [0.4, 0.5) is 0 Å². The van der Waals surface area contributed by atoms with Crippen LogP contribution in [-0.2, 0) is 14.8 Å². The molecule has 1 aliphatic heterocycles. The highest BCUT2D eigenvalue weighted by Gasteiger charge is 2.39. The first-order chi connectivity index (χ1) is 10.6. The Bertz CT molecular complexity index is 719. The van der Waals surface area contributed by atoms with Gasteiger partial charge in [0.1, 0.15) is 0 Å². The number of benzene rings is 1. The Kier molecular flexibility index (Phi) is 6.43. The number of piperidine rings is 1. The smallest absolute Gasteiger partial charge is 0.337 e. The zero-order chi connectivity index (χ0) is 17.4. The van der Waals surface area contributed by atoms with E-state index in [1.165, 1.54) is 17.5 Å². The molecule has 0 spiro atoms. The van der Waals surface area contributed by atoms with E-state index in [4.69, 9.17) is 5.73 Å². The van der Waals surface area contributed by atoms with Gasteiger partial charge < -0.3 is 10.5 Å². The highest BCUT2D eigenvalue weighted by atomic mass is 35.5. The molecule has 1 saturated heterocycles. The highest BCUT2D eigenvalue weighted by Crippen LogP contribution is 2.32. The summed E-state index contributed by atoms with van der Waals surface area (Å²) in [5, 5.41) is 0. The summed E-state index contributed by atoms with van der Waals surface area (Å²) in [5.41, 5.74) is 6.62. The average molecular weight is 377 g/mol. The number of nitrogens with two attached hydrogens (primary N) is 1. The van der Waals surface area contributed by atoms with Gasteiger partial charge in [-0.1, -0.05) is 19.9 Å². The maximum Gasteiger partial charge on any atom is 0.337 e. The van der Waals surface area contributed by atoms with Crippen molar-refractivity contribution < 1.29 is 17.9 Å². The summed E-state index contributed by atoms with van der Waals surface area (Å²) in [6.07, 6.45) is 0.613. The van der Waals surface area contributed by atoms with Crippen LogP contribution in [0.2, 0.25) is 0 Å². The Morgan fingerprint density at radius 3 is 2.54 bits per heavy atom. The fraction of sp³-hybridized carbons (Fsp3) is 0.562. The summed E-state index contributed by atoms with van der Waals surface area (Å²) < 4.78 is 32.1. The number of halogens is 1. The van der Waals surface area contributed by atoms with Crippen LogP contribution in [0.3, 0.4) is 0 Å². The molecule has 0 bridgehead atoms. The number of rotatable bonds is 3. The number of esters is 1. The minimum atomic E-state index is -3.68. The van der Waals surface area contributed by atoms with Gasteiger partial charge in [-0.05, 0) is 36.5 Å². The molecule has 1 aromatic rings. The fourth-order valence-corrected chi connectivity index (χ4v) is 4.67. The highest BCUT2D eigenvalue weighted by molar-refractivity contribution is 7.89. The second-order valence-corrected chi connectivity index (χ2v) is 8.60. The van der Waals surface area contributed by atoms with E-state index in [2.05, 4.69) is 4.74 Å². The van der Waals surface area contributed by atoms with Crippen LogP contribution in [0.1, 0.15) is 36.2 Å². The first kappa shape index (κ1) is 20.9. The lowest BCUT2D eigenvalue weighted by Gasteiger charge is -2.41. The van der Waals surface area contributed by atoms with Crippen molar-refractivity contribution in [3.05, 3.63) is 29.3 Å². The van der Waals surface area contributed by atoms with Crippen LogP contribution in [0, 0.1) is 12.3 Å². The van der Waals surface area contributed by atoms with Crippen LogP contribution >= 0.6 is 12.4 Å². The molecule has 6 nitrogen and oxygen atoms in total. The predicted octanol–water partition coefficient (Wildman–Crippen LogP) is 1.95. The molecule has 2 rings (SSSR count). The van der Waals surface area contributed by atoms with Gasteiger partial charge in [0.05, 0.1) is 17.6 Å². The molecule has 1 aliphatic rings. The van der Waals surface area contributed by atoms with Gasteiger partial charge in [0.15, 0.2) is 0 Å². The quantitative estimate of drug-likeness (QED) is 0.814. The van der Waals surface area contributed by atoms with Crippen LogP contribution in [0.15, 0.2) is 23.1 Å². The number of aryl methyl sites for hydroxylation is 1. The minimum absolute atomic E-state index is 0. The molecule has 2 N–H and O–H groups in total. The number of carbonyl (C=O) groups excluding carboxylic acids is 1. The van der Waals surface area contributed by atoms with Crippen molar-refractivity contribution in [3.8, 4) is 0 Å². The first-order valence-electron chi connectivity index (χ1n) is 7.54. The van der Waals surface area contributed by atoms with Gasteiger partial charge in [0, 0.05) is 19.1 Å². The Hall–Kier alpha value is -1.15. The van der Waals surface area contributed by atoms with Crippen molar-refractivity contribution in [1.29, 1.82) is 0 Å². The summed E-state index contributed by atoms with van der Waals surface area (Å²) in [7, 11) is -2.41. The van der Waals surface area contributed by atoms with Crippen LogP contribution < -0.4 is 5.73 Å². The Morgan fingerprint density at radius 2 is 2.00 bits per heavy atom. The fourth-order valence-electron chi connectivity index (χ4n) is 2.79. The van der Waals surface area contributed by atoms with Crippen LogP contribution in [0.25, 0.3) is 0 Å². The third kappa shape index (κ3) is 3.91. The number of hydrogen-bond donors (Lipinski definition) is 1. The predicted molar refractivity (Wildman–Crippen MR) is 94.9 cm³/mol. The Balaban J connectivity index is 0.00000288. The zero-order valence-corrected chi connectivity index (χ0v) is 16.0. The van der Waals surface area contributed by atoms with E-state index in [-0.39, 0.29) is 34.3 Å². The van der Waals surface area contributed by atoms with Crippen molar-refractivity contribution in [2.75, 3.05) is 20.2 Å². The lowest BCUT2D eigenvalue weighted by molar-refractivity contribution is 0.0600. The molecule has 136 valence electrons. The van der Waals surface area contributed by atoms with Crippen molar-refractivity contribution in [2.24, 2.45) is 11.1 Å². The molecule has 0 saturated carbocycles. The normalized spacial score (nSPS) is 21.0. The molecular formula is C16H25ClN2O4S. The Morgan fingerprint density at radius 1 is 1.38 bits per heavy atom. The maximum absolute atomic E-state index is 13.0. The minimum Gasteiger partial charge on any atom is -0.465 e. The topological polar surface area (TPSA) is 89.7 Å². The van der Waals surface area contributed by atoms with Gasteiger partial charge in [0.25, 0.3) is 0 Å². The molecule has 1 atom stereocenters. The lowest BCUT2D eigenvalue weighted by atomic mass is 9.81. The second-order valence-electron chi connectivity index (χ2n) is 6.69. The number of hydrogen-bond acceptors (Lipinski definition) is 5. The van der Waals surface area contributed by atoms with E-state index in [0.29, 0.717) is 25.1 Å². The van der Waals surface area contributed by atoms with Crippen molar-refractivity contribution in [3.63, 3.8) is 0 Å². The number of nitrogens with zero attached hydrogens (tertiary/aromatic N) is 1. The van der Waals surface area contributed by atoms with Gasteiger partial charge in [0.2, 0.25) is 10.0 Å². The van der Waals surface area contributed by atoms with Gasteiger partial charge in [-0.2, -0.15) is 4.31 Å². The summed E-state index contributed by atoms with van der Waals surface area (Å²) in [4.78, 5) is 11.8. The van der Waals surface area contributed by atoms with E-state index < -0.39 is 16.0 Å². The Labute approximate surface area is 149 Å². The van der Waals surface area contributed by atoms with Gasteiger partial charge in [-0.3, -0.25) is 0 Å². The third-order valence-corrected chi connectivity index (χ3v) is 6.49. The molecule has 24 heavy (non-hydrogen) atoms. The molecule has 1 fully saturated rings. The molecule has 0 radical (unpaired) electrons. The monoisotopic (exact) mass is 376 g/mol. The summed E-state index contributed by atoms with van der Waals surface area (Å²) in [5.74, 6) is -0.553. The van der Waals surface area contributed by atoms with Crippen LogP contribution in [-0.4, -0.2) is 44.9 Å². The number of carbonyl (C=O) groups is 1. The van der Waals surface area contributed by atoms with E-state index in [0.717, 1.165) is 0 Å². The second kappa shape index (κ2) is 7.39. The van der Waals surface area contributed by atoms with E-state index >= 15 is 0 Å². The molecule has 1 aromatic carbocycles. The maximum atomic E-state index is 13.0. The van der Waals surface area contributed by atoms with E-state index in [1.807, 2.05) is 13.8 Å². The largest absolute Gasteiger partial charge is 0.465 e. The first-order valence-corrected chi connectivity index (χ1v) is 8.98. The molecule has 8 heteroatoms. The summed E-state index contributed by atoms with van der Waals surface area (Å²) in [6.45, 7) is 6.40. The molecule has 1 heterocycles. The average Bonchev–Trinajstić information content (AvgIpc) is 2.49. The number of sulfonamides is 1. The lowest BCUT2D eigenvalue weighted by Crippen LogP contribution is -2.53. The molecular weight excluding hydrogens is 352 g/mol. The summed E-state index contributed by atoms with van der Waals surface area (Å²) in [6, 6.07) is 4.55. The van der Waals surface area contributed by atoms with Crippen molar-refractivity contribution in [1.82, 2.24) is 4.31 Å². The molecule has 0 aliphatic carbocycles. The SMILES string of the molecule is COC(=O)c1ccc(C)c(S(=O)(=O)N2CCC(N)C(C)(C)C2)c1.Cl. The number of methoxy groups -OCH3 is 1. The van der Waals surface area contributed by atoms with Gasteiger partial charge >= 0.3 is 5.97 Å². The van der Waals surface area contributed by atoms with Gasteiger partial charge in [-0.25, -0.2) is 13.2 Å². The van der Waals surface area contributed by atoms with Crippen molar-refractivity contribution in [2.45, 2.75) is 38.1 Å². The third-order valence-electron chi connectivity index (χ3n) is 4.50. The summed E-state index contributed by atoms with van der Waals surface area (Å²) >= 11 is 0. The molecule has 0 amide bonds. The van der Waals surface area contributed by atoms with Crippen molar-refractivity contribution >= 4 is 28.4 Å². The molecule has 0 aromatic heterocycles. The molecule has 1 unspecified atom stereocenters. The standard InChI is InChI=1S/C16H24N2O4S.ClH/c1-11-5-6-12(15(19)22-4)9-13(11)23(20,21)18-8-7-14(17)16(2,3)10-18;/h5-6,9,14H,7-8,10,17H2,1-4H3;1H. The van der Waals surface area contributed by atoms with E-state index in [1.54, 1.807) is 19.1 Å². The number of ether oxygens (including phenoxy) is 1. The van der Waals surface area contributed by atoms with Gasteiger partial charge in [-0.15, -0.1) is 12.4 Å².